The average Bonchev–Trinajstić information content (AvgIpc) is 2.99. The predicted molar refractivity (Wildman–Crippen MR) is 93.7 cm³/mol. The van der Waals surface area contributed by atoms with Crippen molar-refractivity contribution in [3.8, 4) is 5.75 Å². The van der Waals surface area contributed by atoms with Gasteiger partial charge in [-0.25, -0.2) is 4.98 Å². The number of aromatic nitrogens is 1. The fourth-order valence-corrected chi connectivity index (χ4v) is 2.54. The Labute approximate surface area is 144 Å². The number of aryl methyl sites for hydroxylation is 2. The number of carbonyl (C=O) groups is 1. The molecule has 2 aromatic carbocycles. The fourth-order valence-electron chi connectivity index (χ4n) is 2.39. The van der Waals surface area contributed by atoms with E-state index in [2.05, 4.69) is 10.3 Å². The van der Waals surface area contributed by atoms with Crippen molar-refractivity contribution in [3.63, 3.8) is 0 Å². The lowest BCUT2D eigenvalue weighted by molar-refractivity contribution is -0.116. The number of nitrogens with zero attached hydrogens (tertiary/aromatic N) is 1. The summed E-state index contributed by atoms with van der Waals surface area (Å²) in [5.41, 5.74) is 2.99. The van der Waals surface area contributed by atoms with Crippen LogP contribution in [0.5, 0.6) is 5.75 Å². The SMILES string of the molecule is COc1cc(Cl)c(C)cc1NC(=O)CCc1nc2ccccc2o1. The van der Waals surface area contributed by atoms with E-state index in [1.54, 1.807) is 12.1 Å². The minimum Gasteiger partial charge on any atom is -0.495 e. The molecular weight excluding hydrogens is 328 g/mol. The standard InChI is InChI=1S/C18H17ClN2O3/c1-11-9-14(16(23-2)10-12(11)19)20-17(22)7-8-18-21-13-5-3-4-6-15(13)24-18/h3-6,9-10H,7-8H2,1-2H3,(H,20,22). The van der Waals surface area contributed by atoms with E-state index < -0.39 is 0 Å². The van der Waals surface area contributed by atoms with Gasteiger partial charge in [0.25, 0.3) is 0 Å². The third-order valence-electron chi connectivity index (χ3n) is 3.66. The first-order valence-electron chi connectivity index (χ1n) is 7.55. The van der Waals surface area contributed by atoms with Crippen LogP contribution in [-0.4, -0.2) is 18.0 Å². The molecule has 0 unspecified atom stereocenters. The number of rotatable bonds is 5. The number of oxazole rings is 1. The molecular formula is C18H17ClN2O3. The van der Waals surface area contributed by atoms with Crippen molar-refractivity contribution in [1.82, 2.24) is 4.98 Å². The average molecular weight is 345 g/mol. The first-order chi connectivity index (χ1) is 11.6. The molecule has 0 aliphatic carbocycles. The van der Waals surface area contributed by atoms with E-state index in [0.717, 1.165) is 16.7 Å². The molecule has 5 nitrogen and oxygen atoms in total. The number of hydrogen-bond acceptors (Lipinski definition) is 4. The number of nitrogens with one attached hydrogen (secondary N) is 1. The summed E-state index contributed by atoms with van der Waals surface area (Å²) < 4.78 is 10.9. The van der Waals surface area contributed by atoms with Crippen LogP contribution in [0.25, 0.3) is 11.1 Å². The van der Waals surface area contributed by atoms with E-state index in [1.807, 2.05) is 31.2 Å². The lowest BCUT2D eigenvalue weighted by Gasteiger charge is -2.12. The third kappa shape index (κ3) is 3.51. The Morgan fingerprint density at radius 3 is 2.88 bits per heavy atom. The van der Waals surface area contributed by atoms with Crippen molar-refractivity contribution in [3.05, 3.63) is 52.9 Å². The van der Waals surface area contributed by atoms with Crippen molar-refractivity contribution in [2.45, 2.75) is 19.8 Å². The first-order valence-corrected chi connectivity index (χ1v) is 7.93. The Kier molecular flexibility index (Phi) is 4.71. The Bertz CT molecular complexity index is 856. The van der Waals surface area contributed by atoms with Gasteiger partial charge in [-0.2, -0.15) is 0 Å². The molecule has 1 aromatic heterocycles. The molecule has 24 heavy (non-hydrogen) atoms. The number of methoxy groups -OCH3 is 1. The molecule has 0 aliphatic heterocycles. The van der Waals surface area contributed by atoms with E-state index in [9.17, 15) is 4.79 Å². The number of amides is 1. The predicted octanol–water partition coefficient (Wildman–Crippen LogP) is 4.37. The molecule has 6 heteroatoms. The summed E-state index contributed by atoms with van der Waals surface area (Å²) >= 11 is 6.07. The van der Waals surface area contributed by atoms with Crippen molar-refractivity contribution < 1.29 is 13.9 Å². The fraction of sp³-hybridized carbons (Fsp3) is 0.222. The number of halogens is 1. The highest BCUT2D eigenvalue weighted by Crippen LogP contribution is 2.31. The molecule has 3 aromatic rings. The maximum absolute atomic E-state index is 12.2. The highest BCUT2D eigenvalue weighted by molar-refractivity contribution is 6.31. The van der Waals surface area contributed by atoms with Gasteiger partial charge in [0.15, 0.2) is 11.5 Å². The van der Waals surface area contributed by atoms with Crippen LogP contribution in [0.3, 0.4) is 0 Å². The summed E-state index contributed by atoms with van der Waals surface area (Å²) in [6.07, 6.45) is 0.688. The zero-order valence-electron chi connectivity index (χ0n) is 13.4. The molecule has 0 fully saturated rings. The number of hydrogen-bond donors (Lipinski definition) is 1. The van der Waals surface area contributed by atoms with E-state index in [1.165, 1.54) is 7.11 Å². The van der Waals surface area contributed by atoms with Gasteiger partial charge in [0.1, 0.15) is 11.3 Å². The van der Waals surface area contributed by atoms with Crippen molar-refractivity contribution in [2.75, 3.05) is 12.4 Å². The van der Waals surface area contributed by atoms with E-state index in [0.29, 0.717) is 28.8 Å². The zero-order chi connectivity index (χ0) is 17.1. The first kappa shape index (κ1) is 16.3. The van der Waals surface area contributed by atoms with Crippen LogP contribution < -0.4 is 10.1 Å². The lowest BCUT2D eigenvalue weighted by atomic mass is 10.2. The molecule has 1 heterocycles. The molecule has 0 bridgehead atoms. The van der Waals surface area contributed by atoms with E-state index >= 15 is 0 Å². The van der Waals surface area contributed by atoms with Gasteiger partial charge < -0.3 is 14.5 Å². The number of anilines is 1. The van der Waals surface area contributed by atoms with E-state index in [4.69, 9.17) is 20.8 Å². The summed E-state index contributed by atoms with van der Waals surface area (Å²) in [7, 11) is 1.54. The molecule has 1 N–H and O–H groups in total. The minimum absolute atomic E-state index is 0.141. The molecule has 0 radical (unpaired) electrons. The van der Waals surface area contributed by atoms with Crippen LogP contribution in [0.15, 0.2) is 40.8 Å². The maximum Gasteiger partial charge on any atom is 0.224 e. The summed E-state index contributed by atoms with van der Waals surface area (Å²) in [6.45, 7) is 1.87. The van der Waals surface area contributed by atoms with Crippen LogP contribution in [0.1, 0.15) is 17.9 Å². The Morgan fingerprint density at radius 1 is 1.33 bits per heavy atom. The minimum atomic E-state index is -0.141. The van der Waals surface area contributed by atoms with Gasteiger partial charge in [-0.15, -0.1) is 0 Å². The van der Waals surface area contributed by atoms with Crippen molar-refractivity contribution in [2.24, 2.45) is 0 Å². The summed E-state index contributed by atoms with van der Waals surface area (Å²) in [6, 6.07) is 11.0. The van der Waals surface area contributed by atoms with Crippen molar-refractivity contribution >= 4 is 34.3 Å². The molecule has 0 aliphatic rings. The van der Waals surface area contributed by atoms with Gasteiger partial charge in [-0.3, -0.25) is 4.79 Å². The number of ether oxygens (including phenoxy) is 1. The topological polar surface area (TPSA) is 64.4 Å². The monoisotopic (exact) mass is 344 g/mol. The number of para-hydroxylation sites is 2. The van der Waals surface area contributed by atoms with Crippen LogP contribution in [0.4, 0.5) is 5.69 Å². The van der Waals surface area contributed by atoms with Gasteiger partial charge in [-0.05, 0) is 30.7 Å². The second-order valence-corrected chi connectivity index (χ2v) is 5.83. The van der Waals surface area contributed by atoms with Gasteiger partial charge in [0, 0.05) is 23.9 Å². The van der Waals surface area contributed by atoms with Crippen LogP contribution in [0.2, 0.25) is 5.02 Å². The molecule has 0 atom stereocenters. The second-order valence-electron chi connectivity index (χ2n) is 5.43. The summed E-state index contributed by atoms with van der Waals surface area (Å²) in [5, 5.41) is 3.44. The summed E-state index contributed by atoms with van der Waals surface area (Å²) in [5.74, 6) is 0.934. The molecule has 0 spiro atoms. The Morgan fingerprint density at radius 2 is 2.12 bits per heavy atom. The zero-order valence-corrected chi connectivity index (χ0v) is 14.2. The molecule has 0 saturated carbocycles. The van der Waals surface area contributed by atoms with Gasteiger partial charge >= 0.3 is 0 Å². The Hall–Kier alpha value is -2.53. The highest BCUT2D eigenvalue weighted by Gasteiger charge is 2.12. The molecule has 0 saturated heterocycles. The molecule has 3 rings (SSSR count). The largest absolute Gasteiger partial charge is 0.495 e. The Balaban J connectivity index is 1.66. The second kappa shape index (κ2) is 6.93. The van der Waals surface area contributed by atoms with Gasteiger partial charge in [0.05, 0.1) is 12.8 Å². The number of carbonyl (C=O) groups excluding carboxylic acids is 1. The van der Waals surface area contributed by atoms with E-state index in [-0.39, 0.29) is 12.3 Å². The molecule has 1 amide bonds. The lowest BCUT2D eigenvalue weighted by Crippen LogP contribution is -2.13. The van der Waals surface area contributed by atoms with Gasteiger partial charge in [0.2, 0.25) is 5.91 Å². The summed E-state index contributed by atoms with van der Waals surface area (Å²) in [4.78, 5) is 16.6. The number of benzene rings is 2. The third-order valence-corrected chi connectivity index (χ3v) is 4.07. The maximum atomic E-state index is 12.2. The smallest absolute Gasteiger partial charge is 0.224 e. The van der Waals surface area contributed by atoms with Crippen molar-refractivity contribution in [1.29, 1.82) is 0 Å². The number of fused-ring (bicyclic) bond motifs is 1. The quantitative estimate of drug-likeness (QED) is 0.746. The van der Waals surface area contributed by atoms with Crippen LogP contribution >= 0.6 is 11.6 Å². The van der Waals surface area contributed by atoms with Crippen LogP contribution in [0, 0.1) is 6.92 Å². The molecule has 124 valence electrons. The van der Waals surface area contributed by atoms with Crippen LogP contribution in [-0.2, 0) is 11.2 Å². The highest BCUT2D eigenvalue weighted by atomic mass is 35.5. The normalized spacial score (nSPS) is 10.8. The van der Waals surface area contributed by atoms with Gasteiger partial charge in [-0.1, -0.05) is 23.7 Å².